The zero-order chi connectivity index (χ0) is 19.5. The van der Waals surface area contributed by atoms with E-state index in [1.807, 2.05) is 43.3 Å². The molecule has 1 atom stereocenters. The average molecular weight is 378 g/mol. The number of carbonyl (C=O) groups excluding carboxylic acids is 2. The zero-order valence-electron chi connectivity index (χ0n) is 16.2. The zero-order valence-corrected chi connectivity index (χ0v) is 16.2. The quantitative estimate of drug-likeness (QED) is 0.878. The van der Waals surface area contributed by atoms with Crippen molar-refractivity contribution in [1.29, 1.82) is 0 Å². The molecule has 0 spiro atoms. The summed E-state index contributed by atoms with van der Waals surface area (Å²) in [5.41, 5.74) is 1.92. The topological polar surface area (TPSA) is 65.5 Å². The first kappa shape index (κ1) is 18.5. The van der Waals surface area contributed by atoms with Crippen molar-refractivity contribution in [3.63, 3.8) is 0 Å². The minimum atomic E-state index is -0.505. The summed E-state index contributed by atoms with van der Waals surface area (Å²) in [6.45, 7) is 4.04. The van der Waals surface area contributed by atoms with Gasteiger partial charge in [0.15, 0.2) is 0 Å². The van der Waals surface area contributed by atoms with Gasteiger partial charge >= 0.3 is 0 Å². The van der Waals surface area contributed by atoms with Crippen LogP contribution in [0.15, 0.2) is 42.6 Å². The Morgan fingerprint density at radius 2 is 1.93 bits per heavy atom. The van der Waals surface area contributed by atoms with E-state index in [1.165, 1.54) is 19.3 Å². The molecule has 1 N–H and O–H groups in total. The highest BCUT2D eigenvalue weighted by Gasteiger charge is 2.36. The van der Waals surface area contributed by atoms with Crippen molar-refractivity contribution in [2.45, 2.75) is 45.1 Å². The van der Waals surface area contributed by atoms with Crippen molar-refractivity contribution in [3.8, 4) is 0 Å². The summed E-state index contributed by atoms with van der Waals surface area (Å²) >= 11 is 0. The molecule has 28 heavy (non-hydrogen) atoms. The smallest absolute Gasteiger partial charge is 0.260 e. The van der Waals surface area contributed by atoms with Crippen LogP contribution in [0, 0.1) is 0 Å². The van der Waals surface area contributed by atoms with Crippen LogP contribution < -0.4 is 15.1 Å². The third-order valence-corrected chi connectivity index (χ3v) is 5.49. The average Bonchev–Trinajstić information content (AvgIpc) is 2.75. The fourth-order valence-electron chi connectivity index (χ4n) is 4.04. The van der Waals surface area contributed by atoms with Gasteiger partial charge in [-0.15, -0.1) is 0 Å². The molecule has 1 aromatic heterocycles. The first-order chi connectivity index (χ1) is 13.7. The highest BCUT2D eigenvalue weighted by atomic mass is 16.2. The summed E-state index contributed by atoms with van der Waals surface area (Å²) in [5.74, 6) is 0.600. The van der Waals surface area contributed by atoms with E-state index in [2.05, 4.69) is 15.2 Å². The van der Waals surface area contributed by atoms with E-state index in [0.29, 0.717) is 17.7 Å². The summed E-state index contributed by atoms with van der Waals surface area (Å²) in [6, 6.07) is 10.7. The van der Waals surface area contributed by atoms with Gasteiger partial charge in [0.1, 0.15) is 11.9 Å². The van der Waals surface area contributed by atoms with Crippen LogP contribution in [-0.2, 0) is 4.79 Å². The lowest BCUT2D eigenvalue weighted by molar-refractivity contribution is -0.117. The molecule has 2 aliphatic heterocycles. The van der Waals surface area contributed by atoms with E-state index < -0.39 is 6.04 Å². The Morgan fingerprint density at radius 1 is 1.14 bits per heavy atom. The molecule has 3 heterocycles. The highest BCUT2D eigenvalue weighted by molar-refractivity contribution is 6.16. The molecule has 1 unspecified atom stereocenters. The molecule has 0 saturated carbocycles. The highest BCUT2D eigenvalue weighted by Crippen LogP contribution is 2.34. The first-order valence-electron chi connectivity index (χ1n) is 10.1. The first-order valence-corrected chi connectivity index (χ1v) is 10.1. The predicted octanol–water partition coefficient (Wildman–Crippen LogP) is 3.84. The Bertz CT molecular complexity index is 859. The Hall–Kier alpha value is -2.89. The number of fused-ring (bicyclic) bond motifs is 1. The number of anilines is 3. The molecule has 1 saturated heterocycles. The van der Waals surface area contributed by atoms with Crippen LogP contribution in [0.5, 0.6) is 0 Å². The lowest BCUT2D eigenvalue weighted by Gasteiger charge is -2.36. The van der Waals surface area contributed by atoms with Crippen LogP contribution in [-0.4, -0.2) is 35.9 Å². The Kier molecular flexibility index (Phi) is 5.28. The molecular weight excluding hydrogens is 352 g/mol. The van der Waals surface area contributed by atoms with E-state index in [9.17, 15) is 9.59 Å². The number of piperidine rings is 1. The molecule has 0 aliphatic carbocycles. The fourth-order valence-corrected chi connectivity index (χ4v) is 4.04. The second kappa shape index (κ2) is 8.00. The van der Waals surface area contributed by atoms with Gasteiger partial charge in [0.25, 0.3) is 5.91 Å². The fraction of sp³-hybridized carbons (Fsp3) is 0.409. The van der Waals surface area contributed by atoms with E-state index >= 15 is 0 Å². The van der Waals surface area contributed by atoms with E-state index in [4.69, 9.17) is 0 Å². The number of hydrogen-bond donors (Lipinski definition) is 1. The number of nitrogens with zero attached hydrogens (tertiary/aromatic N) is 3. The molecular formula is C22H26N4O2. The van der Waals surface area contributed by atoms with E-state index in [1.54, 1.807) is 11.1 Å². The van der Waals surface area contributed by atoms with Crippen molar-refractivity contribution < 1.29 is 9.59 Å². The van der Waals surface area contributed by atoms with Gasteiger partial charge in [0, 0.05) is 19.3 Å². The van der Waals surface area contributed by atoms with Crippen LogP contribution in [0.1, 0.15) is 49.4 Å². The van der Waals surface area contributed by atoms with Crippen LogP contribution >= 0.6 is 0 Å². The second-order valence-corrected chi connectivity index (χ2v) is 7.44. The van der Waals surface area contributed by atoms with Crippen LogP contribution in [0.25, 0.3) is 0 Å². The van der Waals surface area contributed by atoms with Gasteiger partial charge in [-0.25, -0.2) is 4.98 Å². The molecule has 146 valence electrons. The van der Waals surface area contributed by atoms with Crippen molar-refractivity contribution >= 4 is 29.0 Å². The molecule has 1 aromatic carbocycles. The SMILES string of the molecule is CCCC1C(=O)Nc2ccccc2N1C(=O)c1ccc(N2CCCCC2)nc1. The summed E-state index contributed by atoms with van der Waals surface area (Å²) < 4.78 is 0. The molecule has 2 amide bonds. The number of hydrogen-bond acceptors (Lipinski definition) is 4. The Labute approximate surface area is 165 Å². The molecule has 6 nitrogen and oxygen atoms in total. The van der Waals surface area contributed by atoms with Crippen molar-refractivity contribution in [1.82, 2.24) is 4.98 Å². The number of aromatic nitrogens is 1. The standard InChI is InChI=1S/C22H26N4O2/c1-2-8-19-21(27)24-17-9-4-5-10-18(17)26(19)22(28)16-11-12-20(23-15-16)25-13-6-3-7-14-25/h4-5,9-12,15,19H,2-3,6-8,13-14H2,1H3,(H,24,27). The summed E-state index contributed by atoms with van der Waals surface area (Å²) in [4.78, 5) is 34.4. The van der Waals surface area contributed by atoms with Gasteiger partial charge in [-0.2, -0.15) is 0 Å². The number of carbonyl (C=O) groups is 2. The number of benzene rings is 1. The van der Waals surface area contributed by atoms with Crippen LogP contribution in [0.3, 0.4) is 0 Å². The van der Waals surface area contributed by atoms with E-state index in [-0.39, 0.29) is 11.8 Å². The molecule has 6 heteroatoms. The molecule has 4 rings (SSSR count). The molecule has 1 fully saturated rings. The largest absolute Gasteiger partial charge is 0.357 e. The van der Waals surface area contributed by atoms with Gasteiger partial charge in [0.2, 0.25) is 5.91 Å². The van der Waals surface area contributed by atoms with Gasteiger partial charge in [0.05, 0.1) is 16.9 Å². The lowest BCUT2D eigenvalue weighted by Crippen LogP contribution is -2.51. The van der Waals surface area contributed by atoms with E-state index in [0.717, 1.165) is 31.0 Å². The molecule has 2 aromatic rings. The summed E-state index contributed by atoms with van der Waals surface area (Å²) in [7, 11) is 0. The molecule has 2 aliphatic rings. The van der Waals surface area contributed by atoms with Crippen molar-refractivity contribution in [3.05, 3.63) is 48.2 Å². The third-order valence-electron chi connectivity index (χ3n) is 5.49. The Morgan fingerprint density at radius 3 is 2.64 bits per heavy atom. The van der Waals surface area contributed by atoms with Crippen LogP contribution in [0.2, 0.25) is 0 Å². The number of rotatable bonds is 4. The third kappa shape index (κ3) is 3.46. The second-order valence-electron chi connectivity index (χ2n) is 7.44. The van der Waals surface area contributed by atoms with Gasteiger partial charge < -0.3 is 10.2 Å². The van der Waals surface area contributed by atoms with Gasteiger partial charge in [-0.1, -0.05) is 25.5 Å². The maximum atomic E-state index is 13.4. The lowest BCUT2D eigenvalue weighted by atomic mass is 10.0. The number of para-hydroxylation sites is 2. The summed E-state index contributed by atoms with van der Waals surface area (Å²) in [5, 5.41) is 2.93. The molecule has 0 radical (unpaired) electrons. The molecule has 0 bridgehead atoms. The predicted molar refractivity (Wildman–Crippen MR) is 111 cm³/mol. The van der Waals surface area contributed by atoms with Crippen LogP contribution in [0.4, 0.5) is 17.2 Å². The summed E-state index contributed by atoms with van der Waals surface area (Å²) in [6.07, 6.45) is 6.70. The maximum absolute atomic E-state index is 13.4. The van der Waals surface area contributed by atoms with Gasteiger partial charge in [-0.3, -0.25) is 14.5 Å². The number of nitrogens with one attached hydrogen (secondary N) is 1. The number of pyridine rings is 1. The number of amides is 2. The minimum absolute atomic E-state index is 0.133. The maximum Gasteiger partial charge on any atom is 0.260 e. The minimum Gasteiger partial charge on any atom is -0.357 e. The van der Waals surface area contributed by atoms with Gasteiger partial charge in [-0.05, 0) is 49.9 Å². The van der Waals surface area contributed by atoms with Crippen molar-refractivity contribution in [2.24, 2.45) is 0 Å². The Balaban J connectivity index is 1.64. The van der Waals surface area contributed by atoms with Crippen molar-refractivity contribution in [2.75, 3.05) is 28.2 Å². The normalized spacial score (nSPS) is 19.2. The monoisotopic (exact) mass is 378 g/mol.